The third kappa shape index (κ3) is 2.89. The van der Waals surface area contributed by atoms with Crippen LogP contribution in [-0.2, 0) is 0 Å². The van der Waals surface area contributed by atoms with Crippen molar-refractivity contribution in [2.75, 3.05) is 11.1 Å². The first-order valence-corrected chi connectivity index (χ1v) is 6.78. The SMILES string of the molecule is Cc1cc(C)c(C(=O)Nc2cccc(Cl)c2Cl)cc1N. The standard InChI is InChI=1S/C15H14Cl2N2O/c1-8-6-9(2)12(18)7-10(8)15(20)19-13-5-3-4-11(16)14(13)17/h3-7H,18H2,1-2H3,(H,19,20). The number of carbonyl (C=O) groups excluding carboxylic acids is 1. The van der Waals surface area contributed by atoms with E-state index in [2.05, 4.69) is 5.32 Å². The van der Waals surface area contributed by atoms with E-state index in [9.17, 15) is 4.79 Å². The van der Waals surface area contributed by atoms with E-state index >= 15 is 0 Å². The quantitative estimate of drug-likeness (QED) is 0.806. The van der Waals surface area contributed by atoms with Gasteiger partial charge in [-0.15, -0.1) is 0 Å². The van der Waals surface area contributed by atoms with Crippen molar-refractivity contribution < 1.29 is 4.79 Å². The number of hydrogen-bond donors (Lipinski definition) is 2. The van der Waals surface area contributed by atoms with Crippen molar-refractivity contribution >= 4 is 40.5 Å². The molecule has 0 unspecified atom stereocenters. The van der Waals surface area contributed by atoms with Crippen LogP contribution in [0, 0.1) is 13.8 Å². The molecule has 0 saturated heterocycles. The highest BCUT2D eigenvalue weighted by Gasteiger charge is 2.13. The monoisotopic (exact) mass is 308 g/mol. The Labute approximate surface area is 127 Å². The fourth-order valence-corrected chi connectivity index (χ4v) is 2.25. The molecule has 2 aromatic rings. The Morgan fingerprint density at radius 2 is 1.85 bits per heavy atom. The van der Waals surface area contributed by atoms with Gasteiger partial charge in [0.1, 0.15) is 0 Å². The number of aryl methyl sites for hydroxylation is 2. The van der Waals surface area contributed by atoms with E-state index < -0.39 is 0 Å². The Kier molecular flexibility index (Phi) is 4.21. The second-order valence-corrected chi connectivity index (χ2v) is 5.36. The Hall–Kier alpha value is -1.71. The summed E-state index contributed by atoms with van der Waals surface area (Å²) in [5.41, 5.74) is 9.22. The zero-order chi connectivity index (χ0) is 14.9. The van der Waals surface area contributed by atoms with E-state index in [1.54, 1.807) is 24.3 Å². The molecule has 0 fully saturated rings. The van der Waals surface area contributed by atoms with E-state index in [1.807, 2.05) is 19.9 Å². The second-order valence-electron chi connectivity index (χ2n) is 4.58. The zero-order valence-corrected chi connectivity index (χ0v) is 12.6. The Balaban J connectivity index is 2.33. The van der Waals surface area contributed by atoms with E-state index in [4.69, 9.17) is 28.9 Å². The van der Waals surface area contributed by atoms with E-state index in [0.717, 1.165) is 11.1 Å². The lowest BCUT2D eigenvalue weighted by Gasteiger charge is -2.11. The van der Waals surface area contributed by atoms with Crippen LogP contribution in [-0.4, -0.2) is 5.91 Å². The molecule has 5 heteroatoms. The molecule has 2 aromatic carbocycles. The van der Waals surface area contributed by atoms with Crippen LogP contribution < -0.4 is 11.1 Å². The molecule has 0 saturated carbocycles. The molecule has 3 N–H and O–H groups in total. The Morgan fingerprint density at radius 1 is 1.15 bits per heavy atom. The van der Waals surface area contributed by atoms with E-state index in [-0.39, 0.29) is 5.91 Å². The minimum atomic E-state index is -0.265. The van der Waals surface area contributed by atoms with Crippen LogP contribution in [0.5, 0.6) is 0 Å². The molecule has 0 aliphatic rings. The molecule has 0 bridgehead atoms. The summed E-state index contributed by atoms with van der Waals surface area (Å²) in [6.45, 7) is 3.76. The van der Waals surface area contributed by atoms with Gasteiger partial charge in [0.2, 0.25) is 0 Å². The molecule has 0 aliphatic heterocycles. The van der Waals surface area contributed by atoms with Crippen molar-refractivity contribution in [2.45, 2.75) is 13.8 Å². The maximum absolute atomic E-state index is 12.3. The highest BCUT2D eigenvalue weighted by Crippen LogP contribution is 2.30. The van der Waals surface area contributed by atoms with Crippen molar-refractivity contribution in [1.29, 1.82) is 0 Å². The third-order valence-corrected chi connectivity index (χ3v) is 3.88. The number of nitrogens with two attached hydrogens (primary N) is 1. The molecule has 0 atom stereocenters. The largest absolute Gasteiger partial charge is 0.398 e. The summed E-state index contributed by atoms with van der Waals surface area (Å²) in [7, 11) is 0. The number of amides is 1. The van der Waals surface area contributed by atoms with Crippen LogP contribution in [0.4, 0.5) is 11.4 Å². The normalized spacial score (nSPS) is 10.4. The number of carbonyl (C=O) groups is 1. The highest BCUT2D eigenvalue weighted by molar-refractivity contribution is 6.44. The molecule has 3 nitrogen and oxygen atoms in total. The molecule has 20 heavy (non-hydrogen) atoms. The summed E-state index contributed by atoms with van der Waals surface area (Å²) < 4.78 is 0. The van der Waals surface area contributed by atoms with Gasteiger partial charge in [0.05, 0.1) is 15.7 Å². The van der Waals surface area contributed by atoms with Crippen LogP contribution in [0.1, 0.15) is 21.5 Å². The molecule has 0 radical (unpaired) electrons. The predicted octanol–water partition coefficient (Wildman–Crippen LogP) is 4.44. The molecule has 0 heterocycles. The van der Waals surface area contributed by atoms with Crippen LogP contribution in [0.15, 0.2) is 30.3 Å². The summed E-state index contributed by atoms with van der Waals surface area (Å²) in [6.07, 6.45) is 0. The number of rotatable bonds is 2. The van der Waals surface area contributed by atoms with Gasteiger partial charge in [0.25, 0.3) is 5.91 Å². The first-order chi connectivity index (χ1) is 9.40. The summed E-state index contributed by atoms with van der Waals surface area (Å²) in [5.74, 6) is -0.265. The Bertz CT molecular complexity index is 684. The van der Waals surface area contributed by atoms with Gasteiger partial charge in [-0.2, -0.15) is 0 Å². The molecule has 1 amide bonds. The minimum absolute atomic E-state index is 0.265. The van der Waals surface area contributed by atoms with Gasteiger partial charge >= 0.3 is 0 Å². The highest BCUT2D eigenvalue weighted by atomic mass is 35.5. The summed E-state index contributed by atoms with van der Waals surface area (Å²) in [4.78, 5) is 12.3. The van der Waals surface area contributed by atoms with Gasteiger partial charge in [0, 0.05) is 11.3 Å². The lowest BCUT2D eigenvalue weighted by Crippen LogP contribution is -2.14. The number of anilines is 2. The van der Waals surface area contributed by atoms with Crippen molar-refractivity contribution in [3.8, 4) is 0 Å². The number of benzene rings is 2. The van der Waals surface area contributed by atoms with Crippen molar-refractivity contribution in [3.05, 3.63) is 57.1 Å². The van der Waals surface area contributed by atoms with Crippen LogP contribution >= 0.6 is 23.2 Å². The number of nitrogen functional groups attached to an aromatic ring is 1. The van der Waals surface area contributed by atoms with Gasteiger partial charge in [-0.25, -0.2) is 0 Å². The van der Waals surface area contributed by atoms with Gasteiger partial charge in [0.15, 0.2) is 0 Å². The molecule has 2 rings (SSSR count). The summed E-state index contributed by atoms with van der Waals surface area (Å²) in [5, 5.41) is 3.46. The van der Waals surface area contributed by atoms with E-state index in [1.165, 1.54) is 0 Å². The van der Waals surface area contributed by atoms with Crippen molar-refractivity contribution in [2.24, 2.45) is 0 Å². The minimum Gasteiger partial charge on any atom is -0.398 e. The van der Waals surface area contributed by atoms with Crippen LogP contribution in [0.3, 0.4) is 0 Å². The molecule has 0 aliphatic carbocycles. The maximum atomic E-state index is 12.3. The van der Waals surface area contributed by atoms with Crippen molar-refractivity contribution in [1.82, 2.24) is 0 Å². The topological polar surface area (TPSA) is 55.1 Å². The van der Waals surface area contributed by atoms with Gasteiger partial charge in [-0.05, 0) is 43.2 Å². The second kappa shape index (κ2) is 5.73. The Morgan fingerprint density at radius 3 is 2.55 bits per heavy atom. The average Bonchev–Trinajstić information content (AvgIpc) is 2.39. The van der Waals surface area contributed by atoms with Crippen LogP contribution in [0.25, 0.3) is 0 Å². The van der Waals surface area contributed by atoms with Gasteiger partial charge < -0.3 is 11.1 Å². The number of hydrogen-bond acceptors (Lipinski definition) is 2. The van der Waals surface area contributed by atoms with Crippen molar-refractivity contribution in [3.63, 3.8) is 0 Å². The molecule has 0 spiro atoms. The molecule has 104 valence electrons. The maximum Gasteiger partial charge on any atom is 0.256 e. The predicted molar refractivity (Wildman–Crippen MR) is 84.7 cm³/mol. The van der Waals surface area contributed by atoms with Gasteiger partial charge in [-0.3, -0.25) is 4.79 Å². The fourth-order valence-electron chi connectivity index (χ4n) is 1.90. The number of halogens is 2. The first-order valence-electron chi connectivity index (χ1n) is 6.02. The molecular weight excluding hydrogens is 295 g/mol. The lowest BCUT2D eigenvalue weighted by atomic mass is 10.0. The molecule has 0 aromatic heterocycles. The van der Waals surface area contributed by atoms with Gasteiger partial charge in [-0.1, -0.05) is 35.3 Å². The lowest BCUT2D eigenvalue weighted by molar-refractivity contribution is 0.102. The summed E-state index contributed by atoms with van der Waals surface area (Å²) >= 11 is 12.0. The molecular formula is C15H14Cl2N2O. The number of nitrogens with one attached hydrogen (secondary N) is 1. The summed E-state index contributed by atoms with van der Waals surface area (Å²) in [6, 6.07) is 8.62. The average molecular weight is 309 g/mol. The zero-order valence-electron chi connectivity index (χ0n) is 11.1. The fraction of sp³-hybridized carbons (Fsp3) is 0.133. The first kappa shape index (κ1) is 14.7. The smallest absolute Gasteiger partial charge is 0.256 e. The third-order valence-electron chi connectivity index (χ3n) is 3.06. The van der Waals surface area contributed by atoms with E-state index in [0.29, 0.717) is 27.0 Å². The van der Waals surface area contributed by atoms with Crippen LogP contribution in [0.2, 0.25) is 10.0 Å².